The number of para-hydroxylation sites is 1. The van der Waals surface area contributed by atoms with Crippen molar-refractivity contribution < 1.29 is 4.79 Å². The highest BCUT2D eigenvalue weighted by Gasteiger charge is 2.22. The molecule has 1 saturated heterocycles. The quantitative estimate of drug-likeness (QED) is 0.747. The van der Waals surface area contributed by atoms with Gasteiger partial charge in [0.2, 0.25) is 11.9 Å². The highest BCUT2D eigenvalue weighted by Crippen LogP contribution is 2.31. The van der Waals surface area contributed by atoms with E-state index in [1.807, 2.05) is 35.2 Å². The number of benzene rings is 2. The smallest absolute Gasteiger partial charge is 0.246 e. The molecule has 0 saturated carbocycles. The molecule has 6 heteroatoms. The fourth-order valence-electron chi connectivity index (χ4n) is 3.80. The first-order valence-corrected chi connectivity index (χ1v) is 9.70. The Morgan fingerprint density at radius 3 is 2.57 bits per heavy atom. The Balaban J connectivity index is 1.49. The van der Waals surface area contributed by atoms with Gasteiger partial charge in [-0.2, -0.15) is 4.98 Å². The SMILES string of the molecule is CC(=O)N1CCC(c2cc(C)cc(Nc3ncn(-c4ccccc4)n3)c2)CC1. The third-order valence-corrected chi connectivity index (χ3v) is 5.28. The number of hydrogen-bond donors (Lipinski definition) is 1. The molecular weight excluding hydrogens is 350 g/mol. The van der Waals surface area contributed by atoms with Crippen LogP contribution in [0.3, 0.4) is 0 Å². The average Bonchev–Trinajstić information content (AvgIpc) is 3.17. The molecule has 0 aliphatic carbocycles. The lowest BCUT2D eigenvalue weighted by atomic mass is 9.88. The van der Waals surface area contributed by atoms with Crippen molar-refractivity contribution in [3.05, 3.63) is 66.0 Å². The number of aryl methyl sites for hydroxylation is 1. The topological polar surface area (TPSA) is 63.1 Å². The molecule has 1 fully saturated rings. The average molecular weight is 375 g/mol. The molecule has 2 aromatic carbocycles. The van der Waals surface area contributed by atoms with E-state index in [9.17, 15) is 4.79 Å². The maximum Gasteiger partial charge on any atom is 0.246 e. The van der Waals surface area contributed by atoms with Gasteiger partial charge in [0.25, 0.3) is 0 Å². The van der Waals surface area contributed by atoms with Crippen molar-refractivity contribution in [2.75, 3.05) is 18.4 Å². The summed E-state index contributed by atoms with van der Waals surface area (Å²) in [6.45, 7) is 5.42. The minimum absolute atomic E-state index is 0.171. The number of amides is 1. The van der Waals surface area contributed by atoms with Crippen LogP contribution < -0.4 is 5.32 Å². The lowest BCUT2D eigenvalue weighted by Crippen LogP contribution is -2.36. The maximum atomic E-state index is 11.6. The van der Waals surface area contributed by atoms with E-state index >= 15 is 0 Å². The molecule has 1 aliphatic rings. The van der Waals surface area contributed by atoms with E-state index in [4.69, 9.17) is 0 Å². The standard InChI is InChI=1S/C22H25N5O/c1-16-12-19(18-8-10-26(11-9-18)17(2)28)14-20(13-16)24-22-23-15-27(25-22)21-6-4-3-5-7-21/h3-7,12-15,18H,8-11H2,1-2H3,(H,24,25). The summed E-state index contributed by atoms with van der Waals surface area (Å²) in [5, 5.41) is 7.86. The van der Waals surface area contributed by atoms with Gasteiger partial charge in [-0.15, -0.1) is 5.10 Å². The van der Waals surface area contributed by atoms with Crippen LogP contribution >= 0.6 is 0 Å². The first-order valence-electron chi connectivity index (χ1n) is 9.70. The summed E-state index contributed by atoms with van der Waals surface area (Å²) < 4.78 is 1.76. The highest BCUT2D eigenvalue weighted by molar-refractivity contribution is 5.73. The summed E-state index contributed by atoms with van der Waals surface area (Å²) in [4.78, 5) is 17.9. The van der Waals surface area contributed by atoms with E-state index in [0.29, 0.717) is 11.9 Å². The van der Waals surface area contributed by atoms with E-state index in [2.05, 4.69) is 40.5 Å². The number of likely N-dealkylation sites (tertiary alicyclic amines) is 1. The summed E-state index contributed by atoms with van der Waals surface area (Å²) in [6, 6.07) is 16.5. The third kappa shape index (κ3) is 4.06. The Hall–Kier alpha value is -3.15. The van der Waals surface area contributed by atoms with E-state index in [1.54, 1.807) is 17.9 Å². The van der Waals surface area contributed by atoms with Crippen LogP contribution in [0.1, 0.15) is 36.8 Å². The van der Waals surface area contributed by atoms with Gasteiger partial charge in [-0.25, -0.2) is 4.68 Å². The number of nitrogens with one attached hydrogen (secondary N) is 1. The first-order chi connectivity index (χ1) is 13.6. The largest absolute Gasteiger partial charge is 0.343 e. The van der Waals surface area contributed by atoms with E-state index in [1.165, 1.54) is 11.1 Å². The van der Waals surface area contributed by atoms with Crippen molar-refractivity contribution in [3.63, 3.8) is 0 Å². The van der Waals surface area contributed by atoms with Gasteiger partial charge in [-0.3, -0.25) is 4.79 Å². The van der Waals surface area contributed by atoms with Gasteiger partial charge >= 0.3 is 0 Å². The van der Waals surface area contributed by atoms with Crippen LogP contribution in [0, 0.1) is 6.92 Å². The second kappa shape index (κ2) is 7.84. The number of piperidine rings is 1. The van der Waals surface area contributed by atoms with Crippen molar-refractivity contribution in [2.45, 2.75) is 32.6 Å². The summed E-state index contributed by atoms with van der Waals surface area (Å²) in [7, 11) is 0. The zero-order chi connectivity index (χ0) is 19.5. The minimum Gasteiger partial charge on any atom is -0.343 e. The molecule has 4 rings (SSSR count). The Morgan fingerprint density at radius 1 is 1.11 bits per heavy atom. The number of anilines is 2. The van der Waals surface area contributed by atoms with Gasteiger partial charge < -0.3 is 10.2 Å². The zero-order valence-electron chi connectivity index (χ0n) is 16.3. The van der Waals surface area contributed by atoms with Crippen molar-refractivity contribution >= 4 is 17.5 Å². The van der Waals surface area contributed by atoms with Gasteiger partial charge in [-0.1, -0.05) is 24.3 Å². The second-order valence-electron chi connectivity index (χ2n) is 7.39. The zero-order valence-corrected chi connectivity index (χ0v) is 16.3. The molecule has 1 N–H and O–H groups in total. The van der Waals surface area contributed by atoms with Gasteiger partial charge in [0.05, 0.1) is 5.69 Å². The van der Waals surface area contributed by atoms with Crippen LogP contribution in [-0.2, 0) is 4.79 Å². The first kappa shape index (κ1) is 18.2. The van der Waals surface area contributed by atoms with Crippen molar-refractivity contribution in [2.24, 2.45) is 0 Å². The predicted octanol–water partition coefficient (Wildman–Crippen LogP) is 4.05. The van der Waals surface area contributed by atoms with E-state index in [0.717, 1.165) is 37.3 Å². The molecule has 6 nitrogen and oxygen atoms in total. The number of aromatic nitrogens is 3. The van der Waals surface area contributed by atoms with Gasteiger partial charge in [0, 0.05) is 25.7 Å². The lowest BCUT2D eigenvalue weighted by Gasteiger charge is -2.31. The highest BCUT2D eigenvalue weighted by atomic mass is 16.2. The lowest BCUT2D eigenvalue weighted by molar-refractivity contribution is -0.129. The summed E-state index contributed by atoms with van der Waals surface area (Å²) in [5.41, 5.74) is 4.49. The van der Waals surface area contributed by atoms with Gasteiger partial charge in [-0.05, 0) is 61.1 Å². The van der Waals surface area contributed by atoms with Crippen LogP contribution in [-0.4, -0.2) is 38.7 Å². The Kier molecular flexibility index (Phi) is 5.10. The molecule has 3 aromatic rings. The molecule has 1 amide bonds. The monoisotopic (exact) mass is 375 g/mol. The van der Waals surface area contributed by atoms with Crippen LogP contribution in [0.15, 0.2) is 54.9 Å². The van der Waals surface area contributed by atoms with Crippen molar-refractivity contribution in [1.82, 2.24) is 19.7 Å². The molecule has 0 bridgehead atoms. The summed E-state index contributed by atoms with van der Waals surface area (Å²) in [6.07, 6.45) is 3.72. The number of nitrogens with zero attached hydrogens (tertiary/aromatic N) is 4. The summed E-state index contributed by atoms with van der Waals surface area (Å²) >= 11 is 0. The Morgan fingerprint density at radius 2 is 1.86 bits per heavy atom. The molecule has 1 aromatic heterocycles. The van der Waals surface area contributed by atoms with Crippen molar-refractivity contribution in [3.8, 4) is 5.69 Å². The molecule has 0 unspecified atom stereocenters. The molecule has 0 spiro atoms. The summed E-state index contributed by atoms with van der Waals surface area (Å²) in [5.74, 6) is 1.22. The number of carbonyl (C=O) groups is 1. The van der Waals surface area contributed by atoms with Crippen molar-refractivity contribution in [1.29, 1.82) is 0 Å². The number of rotatable bonds is 4. The van der Waals surface area contributed by atoms with Crippen LogP contribution in [0.25, 0.3) is 5.69 Å². The molecule has 2 heterocycles. The fraction of sp³-hybridized carbons (Fsp3) is 0.318. The number of carbonyl (C=O) groups excluding carboxylic acids is 1. The minimum atomic E-state index is 0.171. The Bertz CT molecular complexity index is 958. The Labute approximate surface area is 165 Å². The van der Waals surface area contributed by atoms with E-state index < -0.39 is 0 Å². The van der Waals surface area contributed by atoms with Crippen LogP contribution in [0.4, 0.5) is 11.6 Å². The molecule has 0 atom stereocenters. The van der Waals surface area contributed by atoms with Crippen LogP contribution in [0.5, 0.6) is 0 Å². The molecule has 28 heavy (non-hydrogen) atoms. The van der Waals surface area contributed by atoms with Gasteiger partial charge in [0.1, 0.15) is 6.33 Å². The second-order valence-corrected chi connectivity index (χ2v) is 7.39. The molecule has 144 valence electrons. The maximum absolute atomic E-state index is 11.6. The predicted molar refractivity (Wildman–Crippen MR) is 110 cm³/mol. The normalized spacial score (nSPS) is 14.9. The molecule has 1 aliphatic heterocycles. The molecule has 0 radical (unpaired) electrons. The number of hydrogen-bond acceptors (Lipinski definition) is 4. The van der Waals surface area contributed by atoms with E-state index in [-0.39, 0.29) is 5.91 Å². The van der Waals surface area contributed by atoms with Gasteiger partial charge in [0.15, 0.2) is 0 Å². The van der Waals surface area contributed by atoms with Crippen LogP contribution in [0.2, 0.25) is 0 Å². The third-order valence-electron chi connectivity index (χ3n) is 5.28. The fourth-order valence-corrected chi connectivity index (χ4v) is 3.80. The molecular formula is C22H25N5O.